The van der Waals surface area contributed by atoms with Crippen molar-refractivity contribution < 1.29 is 4.74 Å². The SMILES string of the molecule is COCCCCCNC(c1cccs1)C(C)C. The average molecular weight is 255 g/mol. The van der Waals surface area contributed by atoms with E-state index in [1.54, 1.807) is 7.11 Å². The minimum absolute atomic E-state index is 0.512. The molecule has 1 heterocycles. The number of hydrogen-bond donors (Lipinski definition) is 1. The highest BCUT2D eigenvalue weighted by Crippen LogP contribution is 2.25. The molecular weight excluding hydrogens is 230 g/mol. The van der Waals surface area contributed by atoms with Gasteiger partial charge in [0, 0.05) is 24.6 Å². The molecule has 0 fully saturated rings. The van der Waals surface area contributed by atoms with Crippen LogP contribution >= 0.6 is 11.3 Å². The van der Waals surface area contributed by atoms with Crippen molar-refractivity contribution in [2.45, 2.75) is 39.2 Å². The fourth-order valence-electron chi connectivity index (χ4n) is 1.94. The molecule has 1 atom stereocenters. The van der Waals surface area contributed by atoms with Crippen molar-refractivity contribution in [3.8, 4) is 0 Å². The summed E-state index contributed by atoms with van der Waals surface area (Å²) in [5.74, 6) is 0.646. The topological polar surface area (TPSA) is 21.3 Å². The van der Waals surface area contributed by atoms with E-state index in [4.69, 9.17) is 4.74 Å². The van der Waals surface area contributed by atoms with Crippen LogP contribution in [-0.2, 0) is 4.74 Å². The molecule has 0 spiro atoms. The third-order valence-corrected chi connectivity index (χ3v) is 3.86. The van der Waals surface area contributed by atoms with Crippen LogP contribution in [0.2, 0.25) is 0 Å². The molecule has 0 radical (unpaired) electrons. The van der Waals surface area contributed by atoms with Crippen LogP contribution in [0.4, 0.5) is 0 Å². The first kappa shape index (κ1) is 14.7. The first-order chi connectivity index (χ1) is 8.25. The molecule has 0 amide bonds. The zero-order chi connectivity index (χ0) is 12.5. The quantitative estimate of drug-likeness (QED) is 0.677. The Morgan fingerprint density at radius 2 is 2.12 bits per heavy atom. The molecule has 0 aliphatic rings. The van der Waals surface area contributed by atoms with Crippen LogP contribution < -0.4 is 5.32 Å². The van der Waals surface area contributed by atoms with Crippen molar-refractivity contribution in [2.75, 3.05) is 20.3 Å². The maximum Gasteiger partial charge on any atom is 0.0462 e. The fourth-order valence-corrected chi connectivity index (χ4v) is 2.91. The van der Waals surface area contributed by atoms with Gasteiger partial charge in [-0.3, -0.25) is 0 Å². The number of methoxy groups -OCH3 is 1. The summed E-state index contributed by atoms with van der Waals surface area (Å²) in [6, 6.07) is 4.88. The van der Waals surface area contributed by atoms with Crippen LogP contribution in [0.5, 0.6) is 0 Å². The van der Waals surface area contributed by atoms with Gasteiger partial charge in [0.25, 0.3) is 0 Å². The second-order valence-electron chi connectivity index (χ2n) is 4.74. The Bertz CT molecular complexity index is 272. The summed E-state index contributed by atoms with van der Waals surface area (Å²) < 4.78 is 5.05. The highest BCUT2D eigenvalue weighted by atomic mass is 32.1. The maximum absolute atomic E-state index is 5.05. The Labute approximate surface area is 109 Å². The summed E-state index contributed by atoms with van der Waals surface area (Å²) in [4.78, 5) is 1.46. The Hall–Kier alpha value is -0.380. The zero-order valence-electron chi connectivity index (χ0n) is 11.2. The van der Waals surface area contributed by atoms with Crippen LogP contribution in [0, 0.1) is 5.92 Å². The Morgan fingerprint density at radius 3 is 2.71 bits per heavy atom. The van der Waals surface area contributed by atoms with Crippen LogP contribution in [0.25, 0.3) is 0 Å². The molecule has 0 aromatic carbocycles. The number of ether oxygens (including phenoxy) is 1. The minimum atomic E-state index is 0.512. The summed E-state index contributed by atoms with van der Waals surface area (Å²) in [6.07, 6.45) is 3.65. The summed E-state index contributed by atoms with van der Waals surface area (Å²) >= 11 is 1.85. The Kier molecular flexibility index (Phi) is 7.49. The van der Waals surface area contributed by atoms with E-state index in [0.29, 0.717) is 12.0 Å². The molecule has 2 nitrogen and oxygen atoms in total. The lowest BCUT2D eigenvalue weighted by Gasteiger charge is -2.21. The second-order valence-corrected chi connectivity index (χ2v) is 5.72. The van der Waals surface area contributed by atoms with Gasteiger partial charge in [0.15, 0.2) is 0 Å². The van der Waals surface area contributed by atoms with Gasteiger partial charge in [-0.15, -0.1) is 11.3 Å². The van der Waals surface area contributed by atoms with E-state index in [2.05, 4.69) is 36.7 Å². The molecule has 1 unspecified atom stereocenters. The molecule has 0 aliphatic carbocycles. The monoisotopic (exact) mass is 255 g/mol. The third kappa shape index (κ3) is 5.66. The van der Waals surface area contributed by atoms with E-state index in [1.807, 2.05) is 11.3 Å². The minimum Gasteiger partial charge on any atom is -0.385 e. The first-order valence-corrected chi connectivity index (χ1v) is 7.39. The highest BCUT2D eigenvalue weighted by Gasteiger charge is 2.15. The van der Waals surface area contributed by atoms with Gasteiger partial charge < -0.3 is 10.1 Å². The lowest BCUT2D eigenvalue weighted by molar-refractivity contribution is 0.192. The van der Waals surface area contributed by atoms with E-state index in [1.165, 1.54) is 24.1 Å². The van der Waals surface area contributed by atoms with Gasteiger partial charge in [-0.1, -0.05) is 19.9 Å². The summed E-state index contributed by atoms with van der Waals surface area (Å²) in [5, 5.41) is 5.83. The van der Waals surface area contributed by atoms with E-state index in [9.17, 15) is 0 Å². The average Bonchev–Trinajstić information content (AvgIpc) is 2.81. The maximum atomic E-state index is 5.05. The number of unbranched alkanes of at least 4 members (excludes halogenated alkanes) is 2. The molecule has 0 saturated carbocycles. The van der Waals surface area contributed by atoms with Gasteiger partial charge in [-0.05, 0) is 43.2 Å². The van der Waals surface area contributed by atoms with E-state index < -0.39 is 0 Å². The van der Waals surface area contributed by atoms with Crippen LogP contribution in [0.1, 0.15) is 44.0 Å². The Morgan fingerprint density at radius 1 is 1.29 bits per heavy atom. The van der Waals surface area contributed by atoms with Crippen molar-refractivity contribution in [3.63, 3.8) is 0 Å². The number of thiophene rings is 1. The largest absolute Gasteiger partial charge is 0.385 e. The molecule has 1 rings (SSSR count). The molecule has 0 saturated heterocycles. The fraction of sp³-hybridized carbons (Fsp3) is 0.714. The standard InChI is InChI=1S/C14H25NOS/c1-12(2)14(13-8-7-11-17-13)15-9-5-4-6-10-16-3/h7-8,11-12,14-15H,4-6,9-10H2,1-3H3. The molecule has 0 bridgehead atoms. The molecule has 1 aromatic heterocycles. The molecule has 98 valence electrons. The van der Waals surface area contributed by atoms with E-state index in [0.717, 1.165) is 13.2 Å². The number of nitrogens with one attached hydrogen (secondary N) is 1. The normalized spacial score (nSPS) is 13.2. The van der Waals surface area contributed by atoms with Crippen LogP contribution in [0.3, 0.4) is 0 Å². The molecule has 17 heavy (non-hydrogen) atoms. The van der Waals surface area contributed by atoms with Gasteiger partial charge in [0.1, 0.15) is 0 Å². The van der Waals surface area contributed by atoms with E-state index in [-0.39, 0.29) is 0 Å². The molecule has 1 N–H and O–H groups in total. The number of hydrogen-bond acceptors (Lipinski definition) is 3. The lowest BCUT2D eigenvalue weighted by atomic mass is 10.0. The molecular formula is C14H25NOS. The number of rotatable bonds is 9. The first-order valence-electron chi connectivity index (χ1n) is 6.51. The highest BCUT2D eigenvalue weighted by molar-refractivity contribution is 7.10. The Balaban J connectivity index is 2.22. The third-order valence-electron chi connectivity index (χ3n) is 2.91. The van der Waals surface area contributed by atoms with Gasteiger partial charge in [-0.25, -0.2) is 0 Å². The predicted molar refractivity (Wildman–Crippen MR) is 75.6 cm³/mol. The lowest BCUT2D eigenvalue weighted by Crippen LogP contribution is -2.26. The molecule has 0 aliphatic heterocycles. The van der Waals surface area contributed by atoms with Gasteiger partial charge >= 0.3 is 0 Å². The van der Waals surface area contributed by atoms with Gasteiger partial charge in [-0.2, -0.15) is 0 Å². The van der Waals surface area contributed by atoms with Gasteiger partial charge in [0.2, 0.25) is 0 Å². The van der Waals surface area contributed by atoms with Gasteiger partial charge in [0.05, 0.1) is 0 Å². The van der Waals surface area contributed by atoms with Crippen molar-refractivity contribution in [1.82, 2.24) is 5.32 Å². The van der Waals surface area contributed by atoms with E-state index >= 15 is 0 Å². The predicted octanol–water partition coefficient (Wildman–Crippen LogP) is 3.85. The zero-order valence-corrected chi connectivity index (χ0v) is 12.1. The van der Waals surface area contributed by atoms with Crippen LogP contribution in [0.15, 0.2) is 17.5 Å². The summed E-state index contributed by atoms with van der Waals surface area (Å²) in [5.41, 5.74) is 0. The van der Waals surface area contributed by atoms with Crippen molar-refractivity contribution in [2.24, 2.45) is 5.92 Å². The molecule has 1 aromatic rings. The summed E-state index contributed by atoms with van der Waals surface area (Å²) in [6.45, 7) is 6.55. The second kappa shape index (κ2) is 8.67. The van der Waals surface area contributed by atoms with Crippen LogP contribution in [-0.4, -0.2) is 20.3 Å². The summed E-state index contributed by atoms with van der Waals surface area (Å²) in [7, 11) is 1.77. The smallest absolute Gasteiger partial charge is 0.0462 e. The van der Waals surface area contributed by atoms with Crippen molar-refractivity contribution >= 4 is 11.3 Å². The van der Waals surface area contributed by atoms with Crippen molar-refractivity contribution in [3.05, 3.63) is 22.4 Å². The molecule has 3 heteroatoms. The van der Waals surface area contributed by atoms with Crippen molar-refractivity contribution in [1.29, 1.82) is 0 Å².